The van der Waals surface area contributed by atoms with E-state index < -0.39 is 9.84 Å². The van der Waals surface area contributed by atoms with Crippen LogP contribution >= 0.6 is 0 Å². The van der Waals surface area contributed by atoms with E-state index in [0.717, 1.165) is 30.5 Å². The van der Waals surface area contributed by atoms with Crippen LogP contribution in [0.5, 0.6) is 0 Å². The second kappa shape index (κ2) is 8.07. The molecule has 7 nitrogen and oxygen atoms in total. The zero-order valence-electron chi connectivity index (χ0n) is 15.0. The number of carbonyl (C=O) groups excluding carboxylic acids is 1. The second-order valence-corrected chi connectivity index (χ2v) is 9.22. The summed E-state index contributed by atoms with van der Waals surface area (Å²) >= 11 is 0. The fraction of sp³-hybridized carbons (Fsp3) is 0.556. The molecule has 2 aliphatic rings. The molecule has 1 amide bonds. The van der Waals surface area contributed by atoms with Crippen molar-refractivity contribution in [2.75, 3.05) is 23.9 Å². The van der Waals surface area contributed by atoms with Crippen LogP contribution in [0.15, 0.2) is 29.3 Å². The Morgan fingerprint density at radius 2 is 2.08 bits per heavy atom. The molecule has 0 aromatic heterocycles. The number of benzene rings is 1. The number of sulfone groups is 1. The van der Waals surface area contributed by atoms with E-state index in [1.165, 1.54) is 0 Å². The Balaban J connectivity index is 1.51. The molecule has 1 aromatic carbocycles. The number of anilines is 1. The van der Waals surface area contributed by atoms with Crippen molar-refractivity contribution in [3.05, 3.63) is 29.8 Å². The highest BCUT2D eigenvalue weighted by atomic mass is 32.2. The molecule has 1 heterocycles. The zero-order valence-corrected chi connectivity index (χ0v) is 15.8. The van der Waals surface area contributed by atoms with Crippen LogP contribution in [0.1, 0.15) is 31.2 Å². The standard InChI is InChI=1S/C18H26N4O3S/c1-19-18(22-16-8-9-26(24,25)12-16)20-11-13-4-2-7-15(10-13)21-17(23)14-5-3-6-14/h2,4,7,10,14,16H,3,5-6,8-9,11-12H2,1H3,(H,21,23)(H2,19,20,22). The number of rotatable bonds is 5. The molecule has 0 bridgehead atoms. The first-order valence-electron chi connectivity index (χ1n) is 9.02. The van der Waals surface area contributed by atoms with Crippen LogP contribution in [0.3, 0.4) is 0 Å². The van der Waals surface area contributed by atoms with Gasteiger partial charge in [-0.15, -0.1) is 0 Å². The number of nitrogens with zero attached hydrogens (tertiary/aromatic N) is 1. The van der Waals surface area contributed by atoms with Gasteiger partial charge in [-0.2, -0.15) is 0 Å². The Morgan fingerprint density at radius 3 is 2.69 bits per heavy atom. The molecular formula is C18H26N4O3S. The van der Waals surface area contributed by atoms with Crippen LogP contribution < -0.4 is 16.0 Å². The van der Waals surface area contributed by atoms with Crippen molar-refractivity contribution >= 4 is 27.4 Å². The number of aliphatic imine (C=N–C) groups is 1. The number of amides is 1. The molecule has 0 radical (unpaired) electrons. The lowest BCUT2D eigenvalue weighted by Gasteiger charge is -2.24. The SMILES string of the molecule is CN=C(NCc1cccc(NC(=O)C2CCC2)c1)NC1CCS(=O)(=O)C1. The van der Waals surface area contributed by atoms with E-state index in [1.807, 2.05) is 24.3 Å². The van der Waals surface area contributed by atoms with Gasteiger partial charge in [-0.1, -0.05) is 18.6 Å². The van der Waals surface area contributed by atoms with E-state index in [-0.39, 0.29) is 29.4 Å². The van der Waals surface area contributed by atoms with E-state index in [2.05, 4.69) is 20.9 Å². The predicted molar refractivity (Wildman–Crippen MR) is 103 cm³/mol. The maximum Gasteiger partial charge on any atom is 0.227 e. The summed E-state index contributed by atoms with van der Waals surface area (Å²) in [4.78, 5) is 16.2. The van der Waals surface area contributed by atoms with Gasteiger partial charge in [-0.05, 0) is 37.0 Å². The van der Waals surface area contributed by atoms with E-state index in [4.69, 9.17) is 0 Å². The number of nitrogens with one attached hydrogen (secondary N) is 3. The first-order chi connectivity index (χ1) is 12.4. The van der Waals surface area contributed by atoms with E-state index >= 15 is 0 Å². The summed E-state index contributed by atoms with van der Waals surface area (Å²) < 4.78 is 23.1. The molecule has 142 valence electrons. The highest BCUT2D eigenvalue weighted by molar-refractivity contribution is 7.91. The van der Waals surface area contributed by atoms with Gasteiger partial charge in [-0.3, -0.25) is 9.79 Å². The smallest absolute Gasteiger partial charge is 0.227 e. The molecule has 0 spiro atoms. The van der Waals surface area contributed by atoms with Gasteiger partial charge < -0.3 is 16.0 Å². The maximum absolute atomic E-state index is 12.1. The monoisotopic (exact) mass is 378 g/mol. The third-order valence-corrected chi connectivity index (χ3v) is 6.70. The van der Waals surface area contributed by atoms with Crippen molar-refractivity contribution in [2.24, 2.45) is 10.9 Å². The van der Waals surface area contributed by atoms with Crippen LogP contribution in [-0.4, -0.2) is 44.9 Å². The van der Waals surface area contributed by atoms with Crippen LogP contribution in [0.2, 0.25) is 0 Å². The summed E-state index contributed by atoms with van der Waals surface area (Å²) in [6.45, 7) is 0.534. The summed E-state index contributed by atoms with van der Waals surface area (Å²) in [7, 11) is -1.26. The molecule has 26 heavy (non-hydrogen) atoms. The molecule has 1 aromatic rings. The molecule has 2 fully saturated rings. The van der Waals surface area contributed by atoms with Crippen LogP contribution in [0, 0.1) is 5.92 Å². The molecule has 1 saturated heterocycles. The Hall–Kier alpha value is -2.09. The Morgan fingerprint density at radius 1 is 1.27 bits per heavy atom. The summed E-state index contributed by atoms with van der Waals surface area (Å²) in [5, 5.41) is 9.33. The minimum atomic E-state index is -2.92. The highest BCUT2D eigenvalue weighted by Gasteiger charge is 2.28. The normalized spacial score (nSPS) is 22.5. The van der Waals surface area contributed by atoms with Gasteiger partial charge >= 0.3 is 0 Å². The topological polar surface area (TPSA) is 99.7 Å². The van der Waals surface area contributed by atoms with Crippen molar-refractivity contribution < 1.29 is 13.2 Å². The minimum Gasteiger partial charge on any atom is -0.353 e. The van der Waals surface area contributed by atoms with Crippen LogP contribution in [0.4, 0.5) is 5.69 Å². The summed E-state index contributed by atoms with van der Waals surface area (Å²) in [6, 6.07) is 7.61. The Labute approximate surface area is 154 Å². The van der Waals surface area contributed by atoms with Crippen molar-refractivity contribution in [2.45, 2.75) is 38.3 Å². The molecule has 1 aliphatic heterocycles. The third-order valence-electron chi connectivity index (χ3n) is 4.93. The first-order valence-corrected chi connectivity index (χ1v) is 10.8. The van der Waals surface area contributed by atoms with Crippen molar-refractivity contribution in [1.82, 2.24) is 10.6 Å². The summed E-state index contributed by atoms with van der Waals surface area (Å²) in [5.41, 5.74) is 1.81. The number of hydrogen-bond acceptors (Lipinski definition) is 4. The Bertz CT molecular complexity index is 787. The molecule has 3 rings (SSSR count). The molecular weight excluding hydrogens is 352 g/mol. The average Bonchev–Trinajstić information content (AvgIpc) is 2.88. The lowest BCUT2D eigenvalue weighted by Crippen LogP contribution is -2.43. The predicted octanol–water partition coefficient (Wildman–Crippen LogP) is 1.28. The van der Waals surface area contributed by atoms with Crippen LogP contribution in [0.25, 0.3) is 0 Å². The van der Waals surface area contributed by atoms with Gasteiger partial charge in [0.2, 0.25) is 5.91 Å². The number of hydrogen-bond donors (Lipinski definition) is 3. The van der Waals surface area contributed by atoms with Gasteiger partial charge in [0.05, 0.1) is 11.5 Å². The fourth-order valence-corrected chi connectivity index (χ4v) is 4.83. The van der Waals surface area contributed by atoms with Gasteiger partial charge in [-0.25, -0.2) is 8.42 Å². The Kier molecular flexibility index (Phi) is 5.80. The lowest BCUT2D eigenvalue weighted by atomic mass is 9.85. The average molecular weight is 378 g/mol. The van der Waals surface area contributed by atoms with Gasteiger partial charge in [0.25, 0.3) is 0 Å². The quantitative estimate of drug-likeness (QED) is 0.529. The van der Waals surface area contributed by atoms with Gasteiger partial charge in [0.15, 0.2) is 15.8 Å². The number of guanidine groups is 1. The molecule has 1 aliphatic carbocycles. The third kappa shape index (κ3) is 4.97. The van der Waals surface area contributed by atoms with Crippen molar-refractivity contribution in [3.63, 3.8) is 0 Å². The number of carbonyl (C=O) groups is 1. The first kappa shape index (κ1) is 18.7. The second-order valence-electron chi connectivity index (χ2n) is 6.99. The highest BCUT2D eigenvalue weighted by Crippen LogP contribution is 2.27. The molecule has 3 N–H and O–H groups in total. The van der Waals surface area contributed by atoms with Crippen molar-refractivity contribution in [1.29, 1.82) is 0 Å². The minimum absolute atomic E-state index is 0.0979. The molecule has 1 unspecified atom stereocenters. The lowest BCUT2D eigenvalue weighted by molar-refractivity contribution is -0.122. The van der Waals surface area contributed by atoms with E-state index in [9.17, 15) is 13.2 Å². The van der Waals surface area contributed by atoms with Crippen molar-refractivity contribution in [3.8, 4) is 0 Å². The molecule has 1 atom stereocenters. The fourth-order valence-electron chi connectivity index (χ4n) is 3.16. The van der Waals surface area contributed by atoms with Crippen LogP contribution in [-0.2, 0) is 21.2 Å². The molecule has 8 heteroatoms. The summed E-state index contributed by atoms with van der Waals surface area (Å²) in [6.07, 6.45) is 3.69. The molecule has 1 saturated carbocycles. The largest absolute Gasteiger partial charge is 0.353 e. The summed E-state index contributed by atoms with van der Waals surface area (Å²) in [5.74, 6) is 1.21. The zero-order chi connectivity index (χ0) is 18.6. The maximum atomic E-state index is 12.1. The van der Waals surface area contributed by atoms with E-state index in [1.54, 1.807) is 7.05 Å². The van der Waals surface area contributed by atoms with Gasteiger partial charge in [0, 0.05) is 31.2 Å². The van der Waals surface area contributed by atoms with Gasteiger partial charge in [0.1, 0.15) is 0 Å². The van der Waals surface area contributed by atoms with E-state index in [0.29, 0.717) is 18.9 Å².